The molecule has 116 valence electrons. The van der Waals surface area contributed by atoms with Crippen LogP contribution in [-0.4, -0.2) is 36.2 Å². The quantitative estimate of drug-likeness (QED) is 0.814. The van der Waals surface area contributed by atoms with Crippen molar-refractivity contribution in [3.8, 4) is 0 Å². The summed E-state index contributed by atoms with van der Waals surface area (Å²) in [4.78, 5) is 13.3. The molecule has 2 aromatic rings. The maximum absolute atomic E-state index is 11.1. The fraction of sp³-hybridized carbons (Fsp3) is 0.278. The second kappa shape index (κ2) is 8.32. The van der Waals surface area contributed by atoms with Gasteiger partial charge in [0.15, 0.2) is 0 Å². The van der Waals surface area contributed by atoms with Crippen molar-refractivity contribution in [2.24, 2.45) is 0 Å². The number of aromatic carboxylic acids is 1. The summed E-state index contributed by atoms with van der Waals surface area (Å²) in [5.74, 6) is -0.895. The van der Waals surface area contributed by atoms with E-state index in [-0.39, 0.29) is 0 Å². The molecule has 0 aliphatic heterocycles. The summed E-state index contributed by atoms with van der Waals surface area (Å²) in [6, 6.07) is 17.3. The molecule has 0 radical (unpaired) electrons. The highest BCUT2D eigenvalue weighted by Crippen LogP contribution is 2.12. The number of benzene rings is 2. The average Bonchev–Trinajstić information content (AvgIpc) is 2.54. The largest absolute Gasteiger partial charge is 0.478 e. The minimum atomic E-state index is -0.895. The van der Waals surface area contributed by atoms with Crippen LogP contribution >= 0.6 is 0 Å². The Labute approximate surface area is 131 Å². The lowest BCUT2D eigenvalue weighted by molar-refractivity contribution is 0.0696. The zero-order valence-electron chi connectivity index (χ0n) is 12.7. The van der Waals surface area contributed by atoms with Crippen molar-refractivity contribution in [2.45, 2.75) is 13.1 Å². The third-order valence-electron chi connectivity index (χ3n) is 3.44. The second-order valence-electron chi connectivity index (χ2n) is 5.19. The normalized spacial score (nSPS) is 10.8. The third-order valence-corrected chi connectivity index (χ3v) is 3.44. The van der Waals surface area contributed by atoms with Gasteiger partial charge in [0.1, 0.15) is 0 Å². The van der Waals surface area contributed by atoms with Crippen LogP contribution < -0.4 is 0 Å². The lowest BCUT2D eigenvalue weighted by atomic mass is 10.1. The minimum Gasteiger partial charge on any atom is -0.478 e. The van der Waals surface area contributed by atoms with Crippen LogP contribution in [0.15, 0.2) is 54.6 Å². The molecule has 0 aliphatic rings. The second-order valence-corrected chi connectivity index (χ2v) is 5.19. The summed E-state index contributed by atoms with van der Waals surface area (Å²) < 4.78 is 5.17. The van der Waals surface area contributed by atoms with E-state index >= 15 is 0 Å². The smallest absolute Gasteiger partial charge is 0.335 e. The molecular weight excluding hydrogens is 278 g/mol. The van der Waals surface area contributed by atoms with E-state index < -0.39 is 5.97 Å². The molecule has 0 bridgehead atoms. The van der Waals surface area contributed by atoms with Crippen LogP contribution in [0, 0.1) is 0 Å². The molecular formula is C18H21NO3. The highest BCUT2D eigenvalue weighted by atomic mass is 16.5. The number of hydrogen-bond donors (Lipinski definition) is 1. The van der Waals surface area contributed by atoms with Gasteiger partial charge in [-0.1, -0.05) is 42.5 Å². The zero-order valence-corrected chi connectivity index (χ0v) is 12.7. The lowest BCUT2D eigenvalue weighted by Crippen LogP contribution is -2.26. The molecule has 0 saturated carbocycles. The molecule has 0 unspecified atom stereocenters. The monoisotopic (exact) mass is 299 g/mol. The van der Waals surface area contributed by atoms with E-state index in [2.05, 4.69) is 17.0 Å². The predicted octanol–water partition coefficient (Wildman–Crippen LogP) is 3.03. The Balaban J connectivity index is 2.08. The van der Waals surface area contributed by atoms with Crippen LogP contribution in [0.25, 0.3) is 0 Å². The van der Waals surface area contributed by atoms with Crippen molar-refractivity contribution in [2.75, 3.05) is 20.3 Å². The molecule has 2 aromatic carbocycles. The van der Waals surface area contributed by atoms with Gasteiger partial charge in [-0.25, -0.2) is 4.79 Å². The SMILES string of the molecule is COCCN(Cc1ccccc1)Cc1cccc(C(=O)O)c1. The number of nitrogens with zero attached hydrogens (tertiary/aromatic N) is 1. The standard InChI is InChI=1S/C18H21NO3/c1-22-11-10-19(13-15-6-3-2-4-7-15)14-16-8-5-9-17(12-16)18(20)21/h2-9,12H,10-11,13-14H2,1H3,(H,20,21). The van der Waals surface area contributed by atoms with Gasteiger partial charge in [0.2, 0.25) is 0 Å². The Morgan fingerprint density at radius 3 is 2.41 bits per heavy atom. The maximum Gasteiger partial charge on any atom is 0.335 e. The molecule has 0 aliphatic carbocycles. The van der Waals surface area contributed by atoms with E-state index in [1.165, 1.54) is 5.56 Å². The summed E-state index contributed by atoms with van der Waals surface area (Å²) in [7, 11) is 1.69. The van der Waals surface area contributed by atoms with Gasteiger partial charge in [-0.15, -0.1) is 0 Å². The fourth-order valence-corrected chi connectivity index (χ4v) is 2.34. The van der Waals surface area contributed by atoms with Crippen LogP contribution in [0.1, 0.15) is 21.5 Å². The van der Waals surface area contributed by atoms with Crippen molar-refractivity contribution in [1.29, 1.82) is 0 Å². The molecule has 4 nitrogen and oxygen atoms in total. The average molecular weight is 299 g/mol. The highest BCUT2D eigenvalue weighted by Gasteiger charge is 2.09. The molecule has 4 heteroatoms. The number of carboxylic acids is 1. The van der Waals surface area contributed by atoms with E-state index in [0.29, 0.717) is 18.7 Å². The Morgan fingerprint density at radius 1 is 1.05 bits per heavy atom. The minimum absolute atomic E-state index is 0.323. The van der Waals surface area contributed by atoms with Gasteiger partial charge in [0.05, 0.1) is 12.2 Å². The van der Waals surface area contributed by atoms with Crippen molar-refractivity contribution < 1.29 is 14.6 Å². The molecule has 0 heterocycles. The summed E-state index contributed by atoms with van der Waals surface area (Å²) in [6.07, 6.45) is 0. The number of hydrogen-bond acceptors (Lipinski definition) is 3. The molecule has 0 aromatic heterocycles. The van der Waals surface area contributed by atoms with E-state index in [1.807, 2.05) is 24.3 Å². The summed E-state index contributed by atoms with van der Waals surface area (Å²) >= 11 is 0. The number of carbonyl (C=O) groups is 1. The van der Waals surface area contributed by atoms with Gasteiger partial charge in [0, 0.05) is 26.7 Å². The Bertz CT molecular complexity index is 598. The van der Waals surface area contributed by atoms with E-state index in [0.717, 1.165) is 18.7 Å². The maximum atomic E-state index is 11.1. The predicted molar refractivity (Wildman–Crippen MR) is 85.8 cm³/mol. The van der Waals surface area contributed by atoms with Crippen LogP contribution in [0.4, 0.5) is 0 Å². The first-order chi connectivity index (χ1) is 10.7. The molecule has 0 saturated heterocycles. The van der Waals surface area contributed by atoms with Gasteiger partial charge >= 0.3 is 5.97 Å². The van der Waals surface area contributed by atoms with Crippen molar-refractivity contribution >= 4 is 5.97 Å². The van der Waals surface area contributed by atoms with Gasteiger partial charge in [-0.05, 0) is 23.3 Å². The van der Waals surface area contributed by atoms with Gasteiger partial charge in [0.25, 0.3) is 0 Å². The van der Waals surface area contributed by atoms with E-state index in [9.17, 15) is 4.79 Å². The van der Waals surface area contributed by atoms with Crippen molar-refractivity contribution in [3.63, 3.8) is 0 Å². The molecule has 0 spiro atoms. The van der Waals surface area contributed by atoms with Gasteiger partial charge < -0.3 is 9.84 Å². The summed E-state index contributed by atoms with van der Waals surface area (Å²) in [5.41, 5.74) is 2.55. The molecule has 1 N–H and O–H groups in total. The van der Waals surface area contributed by atoms with E-state index in [4.69, 9.17) is 9.84 Å². The first-order valence-corrected chi connectivity index (χ1v) is 7.26. The van der Waals surface area contributed by atoms with E-state index in [1.54, 1.807) is 25.3 Å². The van der Waals surface area contributed by atoms with Crippen LogP contribution in [-0.2, 0) is 17.8 Å². The zero-order chi connectivity index (χ0) is 15.8. The molecule has 0 fully saturated rings. The third kappa shape index (κ3) is 4.98. The molecule has 2 rings (SSSR count). The van der Waals surface area contributed by atoms with Crippen molar-refractivity contribution in [1.82, 2.24) is 4.90 Å². The van der Waals surface area contributed by atoms with Crippen LogP contribution in [0.3, 0.4) is 0 Å². The first-order valence-electron chi connectivity index (χ1n) is 7.26. The Hall–Kier alpha value is -2.17. The number of ether oxygens (including phenoxy) is 1. The lowest BCUT2D eigenvalue weighted by Gasteiger charge is -2.22. The van der Waals surface area contributed by atoms with Gasteiger partial charge in [-0.2, -0.15) is 0 Å². The Morgan fingerprint density at radius 2 is 1.73 bits per heavy atom. The Kier molecular flexibility index (Phi) is 6.13. The summed E-state index contributed by atoms with van der Waals surface area (Å²) in [6.45, 7) is 2.94. The highest BCUT2D eigenvalue weighted by molar-refractivity contribution is 5.87. The number of methoxy groups -OCH3 is 1. The first kappa shape index (κ1) is 16.2. The molecule has 0 amide bonds. The molecule has 0 atom stereocenters. The topological polar surface area (TPSA) is 49.8 Å². The van der Waals surface area contributed by atoms with Crippen LogP contribution in [0.5, 0.6) is 0 Å². The summed E-state index contributed by atoms with van der Waals surface area (Å²) in [5, 5.41) is 9.09. The number of rotatable bonds is 8. The van der Waals surface area contributed by atoms with Gasteiger partial charge in [-0.3, -0.25) is 4.90 Å². The molecule has 22 heavy (non-hydrogen) atoms. The van der Waals surface area contributed by atoms with Crippen molar-refractivity contribution in [3.05, 3.63) is 71.3 Å². The fourth-order valence-electron chi connectivity index (χ4n) is 2.34. The van der Waals surface area contributed by atoms with Crippen LogP contribution in [0.2, 0.25) is 0 Å². The number of carboxylic acid groups (broad SMARTS) is 1.